The standard InChI is InChI=1S/C19H26BClF3N3O4/c1-11(2)3-6-16(20(30)31)26-17(28)10-25-18(29)15-7-8-27(15)14-5-4-12(9-13(14)21)19(22,23)24/h4-5,9,11,15-16,30-31H,3,6-8,10H2,1-2H3,(H,25,29)(H,26,28)/t15-,16-/m0/s1. The summed E-state index contributed by atoms with van der Waals surface area (Å²) in [4.78, 5) is 26.1. The van der Waals surface area contributed by atoms with Gasteiger partial charge in [-0.25, -0.2) is 0 Å². The molecule has 0 aromatic heterocycles. The molecule has 12 heteroatoms. The van der Waals surface area contributed by atoms with E-state index in [1.165, 1.54) is 6.07 Å². The van der Waals surface area contributed by atoms with Crippen LogP contribution in [-0.2, 0) is 15.8 Å². The Morgan fingerprint density at radius 3 is 2.45 bits per heavy atom. The number of amides is 2. The van der Waals surface area contributed by atoms with E-state index in [4.69, 9.17) is 11.6 Å². The lowest BCUT2D eigenvalue weighted by Crippen LogP contribution is -2.58. The Kier molecular flexibility index (Phi) is 8.61. The van der Waals surface area contributed by atoms with Crippen LogP contribution < -0.4 is 15.5 Å². The maximum Gasteiger partial charge on any atom is 0.475 e. The first-order chi connectivity index (χ1) is 14.4. The van der Waals surface area contributed by atoms with Gasteiger partial charge in [0.15, 0.2) is 0 Å². The van der Waals surface area contributed by atoms with Gasteiger partial charge in [0.2, 0.25) is 11.8 Å². The van der Waals surface area contributed by atoms with Crippen molar-refractivity contribution >= 4 is 36.2 Å². The van der Waals surface area contributed by atoms with Crippen molar-refractivity contribution < 1.29 is 32.8 Å². The van der Waals surface area contributed by atoms with Gasteiger partial charge in [0.05, 0.1) is 28.8 Å². The summed E-state index contributed by atoms with van der Waals surface area (Å²) < 4.78 is 38.4. The number of halogens is 4. The molecular formula is C19H26BClF3N3O4. The number of hydrogen-bond donors (Lipinski definition) is 4. The molecule has 0 radical (unpaired) electrons. The van der Waals surface area contributed by atoms with Crippen molar-refractivity contribution in [3.05, 3.63) is 28.8 Å². The molecule has 1 aliphatic heterocycles. The number of rotatable bonds is 9. The normalized spacial score (nSPS) is 17.2. The van der Waals surface area contributed by atoms with Gasteiger partial charge in [0.25, 0.3) is 0 Å². The van der Waals surface area contributed by atoms with E-state index in [0.29, 0.717) is 37.4 Å². The van der Waals surface area contributed by atoms with Crippen LogP contribution in [0, 0.1) is 5.92 Å². The van der Waals surface area contributed by atoms with Crippen molar-refractivity contribution in [2.75, 3.05) is 18.0 Å². The molecule has 4 N–H and O–H groups in total. The lowest BCUT2D eigenvalue weighted by Gasteiger charge is -2.42. The largest absolute Gasteiger partial charge is 0.475 e. The van der Waals surface area contributed by atoms with E-state index in [1.807, 2.05) is 13.8 Å². The van der Waals surface area contributed by atoms with Crippen LogP contribution in [0.2, 0.25) is 5.02 Å². The van der Waals surface area contributed by atoms with Crippen LogP contribution in [0.4, 0.5) is 18.9 Å². The lowest BCUT2D eigenvalue weighted by molar-refractivity contribution is -0.137. The molecule has 1 heterocycles. The molecule has 1 aliphatic rings. The van der Waals surface area contributed by atoms with E-state index in [2.05, 4.69) is 10.6 Å². The summed E-state index contributed by atoms with van der Waals surface area (Å²) in [6, 6.07) is 2.27. The van der Waals surface area contributed by atoms with E-state index in [0.717, 1.165) is 12.1 Å². The summed E-state index contributed by atoms with van der Waals surface area (Å²) in [6.45, 7) is 4.00. The Morgan fingerprint density at radius 1 is 1.29 bits per heavy atom. The van der Waals surface area contributed by atoms with Crippen molar-refractivity contribution in [3.63, 3.8) is 0 Å². The van der Waals surface area contributed by atoms with Crippen LogP contribution in [-0.4, -0.2) is 54.1 Å². The van der Waals surface area contributed by atoms with E-state index in [1.54, 1.807) is 4.90 Å². The Bertz CT molecular complexity index is 795. The number of anilines is 1. The van der Waals surface area contributed by atoms with E-state index in [9.17, 15) is 32.8 Å². The van der Waals surface area contributed by atoms with Crippen LogP contribution in [0.25, 0.3) is 0 Å². The number of benzene rings is 1. The third-order valence-corrected chi connectivity index (χ3v) is 5.39. The van der Waals surface area contributed by atoms with Crippen LogP contribution in [0.15, 0.2) is 18.2 Å². The Morgan fingerprint density at radius 2 is 1.97 bits per heavy atom. The summed E-state index contributed by atoms with van der Waals surface area (Å²) in [5.74, 6) is -1.58. The quantitative estimate of drug-likeness (QED) is 0.420. The minimum Gasteiger partial charge on any atom is -0.426 e. The SMILES string of the molecule is CC(C)CC[C@H](NC(=O)CNC(=O)[C@@H]1CCN1c1ccc(C(F)(F)F)cc1Cl)B(O)O. The Labute approximate surface area is 184 Å². The second kappa shape index (κ2) is 10.6. The van der Waals surface area contributed by atoms with Crippen LogP contribution in [0.1, 0.15) is 38.7 Å². The lowest BCUT2D eigenvalue weighted by atomic mass is 9.76. The van der Waals surface area contributed by atoms with E-state index >= 15 is 0 Å². The molecule has 2 rings (SSSR count). The van der Waals surface area contributed by atoms with E-state index in [-0.39, 0.29) is 11.6 Å². The second-order valence-electron chi connectivity index (χ2n) is 7.94. The number of carbonyl (C=O) groups is 2. The van der Waals surface area contributed by atoms with Crippen molar-refractivity contribution in [3.8, 4) is 0 Å². The van der Waals surface area contributed by atoms with Crippen LogP contribution >= 0.6 is 11.6 Å². The fourth-order valence-electron chi connectivity index (χ4n) is 3.22. The molecule has 0 aliphatic carbocycles. The summed E-state index contributed by atoms with van der Waals surface area (Å²) in [5, 5.41) is 23.6. The highest BCUT2D eigenvalue weighted by Crippen LogP contribution is 2.37. The molecule has 1 aromatic carbocycles. The number of alkyl halides is 3. The second-order valence-corrected chi connectivity index (χ2v) is 8.35. The summed E-state index contributed by atoms with van der Waals surface area (Å²) in [6.07, 6.45) is -3.01. The summed E-state index contributed by atoms with van der Waals surface area (Å²) in [7, 11) is -1.72. The fraction of sp³-hybridized carbons (Fsp3) is 0.579. The van der Waals surface area contributed by atoms with Crippen molar-refractivity contribution in [2.24, 2.45) is 5.92 Å². The predicted octanol–water partition coefficient (Wildman–Crippen LogP) is 1.99. The van der Waals surface area contributed by atoms with Crippen molar-refractivity contribution in [2.45, 2.75) is 51.3 Å². The smallest absolute Gasteiger partial charge is 0.426 e. The van der Waals surface area contributed by atoms with Crippen molar-refractivity contribution in [1.29, 1.82) is 0 Å². The van der Waals surface area contributed by atoms with Gasteiger partial charge in [-0.15, -0.1) is 0 Å². The molecule has 7 nitrogen and oxygen atoms in total. The van der Waals surface area contributed by atoms with Gasteiger partial charge >= 0.3 is 13.3 Å². The first-order valence-electron chi connectivity index (χ1n) is 9.96. The van der Waals surface area contributed by atoms with Gasteiger partial charge in [-0.05, 0) is 43.4 Å². The predicted molar refractivity (Wildman–Crippen MR) is 111 cm³/mol. The molecule has 2 amide bonds. The zero-order valence-electron chi connectivity index (χ0n) is 17.2. The molecule has 1 saturated heterocycles. The maximum atomic E-state index is 12.8. The first kappa shape index (κ1) is 25.3. The Hall–Kier alpha value is -1.98. The highest BCUT2D eigenvalue weighted by atomic mass is 35.5. The van der Waals surface area contributed by atoms with Crippen LogP contribution in [0.5, 0.6) is 0 Å². The average Bonchev–Trinajstić information content (AvgIpc) is 2.62. The number of carbonyl (C=O) groups excluding carboxylic acids is 2. The van der Waals surface area contributed by atoms with Crippen LogP contribution in [0.3, 0.4) is 0 Å². The molecule has 172 valence electrons. The summed E-state index contributed by atoms with van der Waals surface area (Å²) in [5.41, 5.74) is -0.569. The monoisotopic (exact) mass is 463 g/mol. The zero-order valence-corrected chi connectivity index (χ0v) is 18.0. The van der Waals surface area contributed by atoms with Gasteiger partial charge in [0.1, 0.15) is 6.04 Å². The molecule has 0 unspecified atom stereocenters. The highest BCUT2D eigenvalue weighted by molar-refractivity contribution is 6.43. The third-order valence-electron chi connectivity index (χ3n) is 5.09. The molecule has 31 heavy (non-hydrogen) atoms. The number of nitrogens with zero attached hydrogens (tertiary/aromatic N) is 1. The average molecular weight is 464 g/mol. The molecule has 0 bridgehead atoms. The molecular weight excluding hydrogens is 437 g/mol. The molecule has 1 fully saturated rings. The Balaban J connectivity index is 1.91. The first-order valence-corrected chi connectivity index (χ1v) is 10.3. The van der Waals surface area contributed by atoms with Gasteiger partial charge < -0.3 is 25.6 Å². The third kappa shape index (κ3) is 7.01. The molecule has 0 spiro atoms. The van der Waals surface area contributed by atoms with Gasteiger partial charge in [-0.1, -0.05) is 25.4 Å². The molecule has 1 aromatic rings. The number of hydrogen-bond acceptors (Lipinski definition) is 5. The zero-order chi connectivity index (χ0) is 23.3. The molecule has 2 atom stereocenters. The highest BCUT2D eigenvalue weighted by Gasteiger charge is 2.37. The van der Waals surface area contributed by atoms with Gasteiger partial charge in [-0.3, -0.25) is 9.59 Å². The van der Waals surface area contributed by atoms with Crippen molar-refractivity contribution in [1.82, 2.24) is 10.6 Å². The minimum atomic E-state index is -4.52. The fourth-order valence-corrected chi connectivity index (χ4v) is 3.51. The maximum absolute atomic E-state index is 12.8. The summed E-state index contributed by atoms with van der Waals surface area (Å²) >= 11 is 5.99. The van der Waals surface area contributed by atoms with Gasteiger partial charge in [0, 0.05) is 6.54 Å². The molecule has 0 saturated carbocycles. The minimum absolute atomic E-state index is 0.116. The van der Waals surface area contributed by atoms with E-state index < -0.39 is 42.7 Å². The number of nitrogens with one attached hydrogen (secondary N) is 2. The topological polar surface area (TPSA) is 102 Å². The van der Waals surface area contributed by atoms with Gasteiger partial charge in [-0.2, -0.15) is 13.2 Å².